The molecule has 0 radical (unpaired) electrons. The van der Waals surface area contributed by atoms with E-state index in [1.54, 1.807) is 0 Å². The number of rotatable bonds is 2. The molecule has 0 spiro atoms. The number of para-hydroxylation sites is 1. The van der Waals surface area contributed by atoms with Crippen LogP contribution in [0.25, 0.3) is 0 Å². The predicted molar refractivity (Wildman–Crippen MR) is 71.6 cm³/mol. The number of carbonyl (C=O) groups is 2. The first kappa shape index (κ1) is 13.5. The van der Waals surface area contributed by atoms with Crippen LogP contribution >= 0.6 is 0 Å². The number of ether oxygens (including phenoxy) is 3. The molecule has 0 unspecified atom stereocenters. The van der Waals surface area contributed by atoms with E-state index in [0.717, 1.165) is 11.3 Å². The van der Waals surface area contributed by atoms with E-state index in [4.69, 9.17) is 14.3 Å². The summed E-state index contributed by atoms with van der Waals surface area (Å²) in [5, 5.41) is 1.33. The zero-order valence-corrected chi connectivity index (χ0v) is 11.9. The van der Waals surface area contributed by atoms with Gasteiger partial charge in [0.25, 0.3) is 5.91 Å². The second kappa shape index (κ2) is 4.96. The fourth-order valence-electron chi connectivity index (χ4n) is 3.03. The highest BCUT2D eigenvalue weighted by molar-refractivity contribution is 5.92. The number of benzene rings is 1. The van der Waals surface area contributed by atoms with Gasteiger partial charge >= 0.3 is 5.97 Å². The van der Waals surface area contributed by atoms with Crippen molar-refractivity contribution in [2.75, 3.05) is 20.3 Å². The van der Waals surface area contributed by atoms with Crippen molar-refractivity contribution >= 4 is 11.9 Å². The molecular weight excluding hydrogens is 290 g/mol. The molecule has 3 aliphatic heterocycles. The molecule has 4 atom stereocenters. The number of amides is 1. The minimum Gasteiger partial charge on any atom is -0.493 e. The zero-order chi connectivity index (χ0) is 15.3. The highest BCUT2D eigenvalue weighted by Crippen LogP contribution is 2.44. The number of hydrogen-bond donors (Lipinski definition) is 0. The van der Waals surface area contributed by atoms with Crippen LogP contribution in [0.15, 0.2) is 24.3 Å². The summed E-state index contributed by atoms with van der Waals surface area (Å²) in [6.45, 7) is 0.901. The first-order valence-corrected chi connectivity index (χ1v) is 7.11. The smallest absolute Gasteiger partial charge is 0.338 e. The quantitative estimate of drug-likeness (QED) is 0.583. The van der Waals surface area contributed by atoms with Gasteiger partial charge in [0.15, 0.2) is 12.2 Å². The lowest BCUT2D eigenvalue weighted by Gasteiger charge is -2.31. The Kier molecular flexibility index (Phi) is 3.05. The minimum absolute atomic E-state index is 0.0779. The summed E-state index contributed by atoms with van der Waals surface area (Å²) in [6, 6.07) is 7.37. The summed E-state index contributed by atoms with van der Waals surface area (Å²) in [5.74, 6) is -0.0523. The van der Waals surface area contributed by atoms with Crippen LogP contribution in [0.2, 0.25) is 0 Å². The number of epoxide rings is 1. The van der Waals surface area contributed by atoms with Gasteiger partial charge in [-0.15, -0.1) is 0 Å². The van der Waals surface area contributed by atoms with Gasteiger partial charge < -0.3 is 14.2 Å². The van der Waals surface area contributed by atoms with E-state index in [-0.39, 0.29) is 17.9 Å². The van der Waals surface area contributed by atoms with Crippen LogP contribution in [-0.4, -0.2) is 49.5 Å². The number of carbonyl (C=O) groups excluding carboxylic acids is 2. The highest BCUT2D eigenvalue weighted by atomic mass is 16.7. The summed E-state index contributed by atoms with van der Waals surface area (Å²) in [6.07, 6.45) is -1.64. The van der Waals surface area contributed by atoms with Crippen molar-refractivity contribution in [3.05, 3.63) is 29.8 Å². The molecule has 0 bridgehead atoms. The Hall–Kier alpha value is -2.12. The fourth-order valence-corrected chi connectivity index (χ4v) is 3.03. The summed E-state index contributed by atoms with van der Waals surface area (Å²) in [5.41, 5.74) is 0.917. The van der Waals surface area contributed by atoms with Gasteiger partial charge in [-0.25, -0.2) is 9.86 Å². The molecule has 0 saturated carbocycles. The van der Waals surface area contributed by atoms with Crippen molar-refractivity contribution in [3.63, 3.8) is 0 Å². The Labute approximate surface area is 126 Å². The third-order valence-electron chi connectivity index (χ3n) is 4.20. The van der Waals surface area contributed by atoms with E-state index in [0.29, 0.717) is 13.2 Å². The number of hydroxylamine groups is 2. The van der Waals surface area contributed by atoms with Gasteiger partial charge in [-0.3, -0.25) is 9.63 Å². The topological polar surface area (TPSA) is 77.6 Å². The Balaban J connectivity index is 1.57. The molecule has 0 aliphatic carbocycles. The molecule has 116 valence electrons. The molecule has 4 rings (SSSR count). The normalized spacial score (nSPS) is 31.8. The largest absolute Gasteiger partial charge is 0.493 e. The highest BCUT2D eigenvalue weighted by Gasteiger charge is 2.56. The van der Waals surface area contributed by atoms with Gasteiger partial charge in [-0.05, 0) is 6.07 Å². The van der Waals surface area contributed by atoms with Crippen molar-refractivity contribution in [2.24, 2.45) is 5.92 Å². The van der Waals surface area contributed by atoms with Gasteiger partial charge in [0.1, 0.15) is 5.75 Å². The molecule has 1 aromatic carbocycles. The lowest BCUT2D eigenvalue weighted by Crippen LogP contribution is -2.38. The second-order valence-corrected chi connectivity index (χ2v) is 5.51. The van der Waals surface area contributed by atoms with E-state index >= 15 is 0 Å². The van der Waals surface area contributed by atoms with E-state index in [9.17, 15) is 9.59 Å². The minimum atomic E-state index is -0.824. The molecule has 3 aliphatic rings. The van der Waals surface area contributed by atoms with Crippen molar-refractivity contribution < 1.29 is 28.6 Å². The lowest BCUT2D eigenvalue weighted by atomic mass is 9.92. The molecular formula is C15H15NO6. The fraction of sp³-hybridized carbons (Fsp3) is 0.467. The predicted octanol–water partition coefficient (Wildman–Crippen LogP) is 0.450. The van der Waals surface area contributed by atoms with Crippen molar-refractivity contribution in [1.82, 2.24) is 5.06 Å². The van der Waals surface area contributed by atoms with Crippen LogP contribution in [0, 0.1) is 5.92 Å². The van der Waals surface area contributed by atoms with Gasteiger partial charge in [0, 0.05) is 11.5 Å². The monoisotopic (exact) mass is 305 g/mol. The Morgan fingerprint density at radius 2 is 2.05 bits per heavy atom. The van der Waals surface area contributed by atoms with Crippen LogP contribution in [0.4, 0.5) is 0 Å². The van der Waals surface area contributed by atoms with Gasteiger partial charge in [0.2, 0.25) is 0 Å². The number of fused-ring (bicyclic) bond motifs is 3. The van der Waals surface area contributed by atoms with Crippen molar-refractivity contribution in [1.29, 1.82) is 0 Å². The molecule has 7 nitrogen and oxygen atoms in total. The van der Waals surface area contributed by atoms with Crippen molar-refractivity contribution in [3.8, 4) is 5.75 Å². The third kappa shape index (κ3) is 1.97. The molecule has 0 N–H and O–H groups in total. The molecule has 3 heterocycles. The number of hydrogen-bond acceptors (Lipinski definition) is 6. The van der Waals surface area contributed by atoms with Crippen LogP contribution in [-0.2, 0) is 23.9 Å². The van der Waals surface area contributed by atoms with Crippen LogP contribution in [0.1, 0.15) is 11.6 Å². The summed E-state index contributed by atoms with van der Waals surface area (Å²) in [4.78, 5) is 29.5. The third-order valence-corrected chi connectivity index (χ3v) is 4.20. The summed E-state index contributed by atoms with van der Waals surface area (Å²) in [7, 11) is 1.27. The molecule has 1 aromatic rings. The Morgan fingerprint density at radius 3 is 2.86 bits per heavy atom. The SMILES string of the molecule is COC(=O)[C@@H]1O[C@@H]1C(=O)N1OC[C@@H]2COc3ccccc3[C@@H]21. The summed E-state index contributed by atoms with van der Waals surface area (Å²) < 4.78 is 15.4. The molecule has 2 saturated heterocycles. The van der Waals surface area contributed by atoms with Crippen LogP contribution in [0.5, 0.6) is 5.75 Å². The Bertz CT molecular complexity index is 632. The molecule has 7 heteroatoms. The average Bonchev–Trinajstić information content (AvgIpc) is 3.24. The average molecular weight is 305 g/mol. The number of esters is 1. The molecule has 0 aromatic heterocycles. The van der Waals surface area contributed by atoms with Crippen LogP contribution < -0.4 is 4.74 Å². The van der Waals surface area contributed by atoms with Gasteiger partial charge in [-0.2, -0.15) is 0 Å². The number of methoxy groups -OCH3 is 1. The summed E-state index contributed by atoms with van der Waals surface area (Å²) >= 11 is 0. The van der Waals surface area contributed by atoms with Crippen molar-refractivity contribution in [2.45, 2.75) is 18.2 Å². The maximum atomic E-state index is 12.5. The van der Waals surface area contributed by atoms with E-state index in [2.05, 4.69) is 4.74 Å². The Morgan fingerprint density at radius 1 is 1.23 bits per heavy atom. The van der Waals surface area contributed by atoms with Gasteiger partial charge in [0.05, 0.1) is 26.4 Å². The standard InChI is InChI=1S/C15H15NO6/c1-19-15(18)13-12(22-13)14(17)16-11-8(7-21-16)6-20-10-5-3-2-4-9(10)11/h2-5,8,11-13H,6-7H2,1H3/t8-,11+,12-,13+/m0/s1. The maximum Gasteiger partial charge on any atom is 0.338 e. The molecule has 2 fully saturated rings. The van der Waals surface area contributed by atoms with Crippen LogP contribution in [0.3, 0.4) is 0 Å². The first-order valence-electron chi connectivity index (χ1n) is 7.11. The second-order valence-electron chi connectivity index (χ2n) is 5.51. The first-order chi connectivity index (χ1) is 10.7. The molecule has 22 heavy (non-hydrogen) atoms. The maximum absolute atomic E-state index is 12.5. The number of nitrogens with zero attached hydrogens (tertiary/aromatic N) is 1. The van der Waals surface area contributed by atoms with E-state index < -0.39 is 18.2 Å². The zero-order valence-electron chi connectivity index (χ0n) is 11.9. The lowest BCUT2D eigenvalue weighted by molar-refractivity contribution is -0.178. The van der Waals surface area contributed by atoms with Gasteiger partial charge in [-0.1, -0.05) is 18.2 Å². The molecule has 1 amide bonds. The van der Waals surface area contributed by atoms with E-state index in [1.807, 2.05) is 24.3 Å². The van der Waals surface area contributed by atoms with E-state index in [1.165, 1.54) is 12.2 Å².